The first-order chi connectivity index (χ1) is 12.2. The first-order valence-electron chi connectivity index (χ1n) is 8.18. The van der Waals surface area contributed by atoms with E-state index in [1.54, 1.807) is 0 Å². The van der Waals surface area contributed by atoms with Crippen LogP contribution in [-0.4, -0.2) is 29.4 Å². The molecule has 2 aliphatic rings. The van der Waals surface area contributed by atoms with Gasteiger partial charge in [0.1, 0.15) is 0 Å². The van der Waals surface area contributed by atoms with Gasteiger partial charge in [-0.1, -0.05) is 24.3 Å². The fourth-order valence-electron chi connectivity index (χ4n) is 3.82. The third-order valence-corrected chi connectivity index (χ3v) is 4.97. The van der Waals surface area contributed by atoms with Crippen LogP contribution < -0.4 is 14.8 Å². The number of carboxylic acid groups (broad SMARTS) is 1. The molecule has 2 aromatic carbocycles. The number of halogens is 1. The number of aromatic amines is 1. The molecule has 2 aliphatic heterocycles. The minimum absolute atomic E-state index is 0. The van der Waals surface area contributed by atoms with Crippen LogP contribution in [0.5, 0.6) is 11.5 Å². The Kier molecular flexibility index (Phi) is 4.01. The molecule has 0 bridgehead atoms. The summed E-state index contributed by atoms with van der Waals surface area (Å²) < 4.78 is 10.9. The number of rotatable bonds is 2. The van der Waals surface area contributed by atoms with Crippen LogP contribution in [0.15, 0.2) is 42.5 Å². The molecular formula is C19H17ClN2O4. The summed E-state index contributed by atoms with van der Waals surface area (Å²) in [6, 6.07) is 13.6. The Balaban J connectivity index is 0.00000168. The van der Waals surface area contributed by atoms with E-state index in [0.717, 1.165) is 39.2 Å². The van der Waals surface area contributed by atoms with E-state index in [2.05, 4.69) is 10.3 Å². The van der Waals surface area contributed by atoms with E-state index in [4.69, 9.17) is 9.47 Å². The number of hydrogen-bond donors (Lipinski definition) is 3. The van der Waals surface area contributed by atoms with Crippen molar-refractivity contribution in [1.29, 1.82) is 0 Å². The summed E-state index contributed by atoms with van der Waals surface area (Å²) in [6.45, 7) is 0.610. The van der Waals surface area contributed by atoms with E-state index >= 15 is 0 Å². The van der Waals surface area contributed by atoms with E-state index in [-0.39, 0.29) is 25.2 Å². The highest BCUT2D eigenvalue weighted by Gasteiger charge is 2.35. The maximum absolute atomic E-state index is 11.8. The van der Waals surface area contributed by atoms with Gasteiger partial charge in [-0.3, -0.25) is 4.79 Å². The summed E-state index contributed by atoms with van der Waals surface area (Å²) in [5.74, 6) is 0.0659. The molecule has 3 heterocycles. The number of aromatic nitrogens is 1. The van der Waals surface area contributed by atoms with Crippen molar-refractivity contribution >= 4 is 29.3 Å². The molecule has 5 rings (SSSR count). The van der Waals surface area contributed by atoms with E-state index in [1.165, 1.54) is 0 Å². The van der Waals surface area contributed by atoms with Crippen LogP contribution in [-0.2, 0) is 4.79 Å². The Hall–Kier alpha value is -2.70. The number of fused-ring (bicyclic) bond motifs is 4. The van der Waals surface area contributed by atoms with Crippen molar-refractivity contribution in [3.63, 3.8) is 0 Å². The van der Waals surface area contributed by atoms with Gasteiger partial charge in [0.15, 0.2) is 11.5 Å². The Labute approximate surface area is 155 Å². The number of H-pyrrole nitrogens is 1. The molecule has 6 nitrogen and oxygen atoms in total. The predicted octanol–water partition coefficient (Wildman–Crippen LogP) is 3.18. The van der Waals surface area contributed by atoms with Gasteiger partial charge >= 0.3 is 5.97 Å². The number of aliphatic carboxylic acids is 1. The first kappa shape index (κ1) is 16.8. The molecule has 26 heavy (non-hydrogen) atoms. The lowest BCUT2D eigenvalue weighted by Gasteiger charge is -2.29. The van der Waals surface area contributed by atoms with Gasteiger partial charge < -0.3 is 24.9 Å². The van der Waals surface area contributed by atoms with Crippen molar-refractivity contribution in [2.75, 3.05) is 13.3 Å². The van der Waals surface area contributed by atoms with Crippen molar-refractivity contribution in [1.82, 2.24) is 10.3 Å². The average molecular weight is 373 g/mol. The molecule has 2 unspecified atom stereocenters. The van der Waals surface area contributed by atoms with Crippen molar-refractivity contribution in [3.8, 4) is 11.5 Å². The predicted molar refractivity (Wildman–Crippen MR) is 98.3 cm³/mol. The number of carbonyl (C=O) groups is 1. The van der Waals surface area contributed by atoms with E-state index in [0.29, 0.717) is 6.54 Å². The minimum atomic E-state index is -0.817. The molecule has 0 amide bonds. The molecular weight excluding hydrogens is 356 g/mol. The van der Waals surface area contributed by atoms with Crippen LogP contribution in [0.4, 0.5) is 0 Å². The van der Waals surface area contributed by atoms with Gasteiger partial charge in [0.05, 0.1) is 12.0 Å². The highest BCUT2D eigenvalue weighted by Crippen LogP contribution is 2.41. The zero-order valence-corrected chi connectivity index (χ0v) is 14.5. The van der Waals surface area contributed by atoms with Gasteiger partial charge in [0.25, 0.3) is 0 Å². The van der Waals surface area contributed by atoms with Crippen LogP contribution in [0.25, 0.3) is 10.9 Å². The minimum Gasteiger partial charge on any atom is -0.481 e. The lowest BCUT2D eigenvalue weighted by molar-refractivity contribution is -0.138. The highest BCUT2D eigenvalue weighted by molar-refractivity contribution is 5.91. The summed E-state index contributed by atoms with van der Waals surface area (Å²) >= 11 is 0. The van der Waals surface area contributed by atoms with E-state index < -0.39 is 11.9 Å². The molecule has 0 spiro atoms. The highest BCUT2D eigenvalue weighted by atomic mass is 35.5. The Morgan fingerprint density at radius 1 is 1.12 bits per heavy atom. The maximum atomic E-state index is 11.8. The number of nitrogens with one attached hydrogen (secondary N) is 2. The molecule has 0 fully saturated rings. The number of hydrogen-bond acceptors (Lipinski definition) is 4. The van der Waals surface area contributed by atoms with E-state index in [9.17, 15) is 9.90 Å². The smallest absolute Gasteiger partial charge is 0.312 e. The molecule has 3 aromatic rings. The molecule has 1 aromatic heterocycles. The normalized spacial score (nSPS) is 20.5. The van der Waals surface area contributed by atoms with Gasteiger partial charge in [-0.05, 0) is 29.3 Å². The van der Waals surface area contributed by atoms with Crippen LogP contribution in [0.2, 0.25) is 0 Å². The Bertz CT molecular complexity index is 1000. The molecule has 0 aliphatic carbocycles. The fraction of sp³-hybridized carbons (Fsp3) is 0.211. The van der Waals surface area contributed by atoms with Crippen molar-refractivity contribution in [3.05, 3.63) is 59.3 Å². The molecule has 2 atom stereocenters. The number of ether oxygens (including phenoxy) is 2. The van der Waals surface area contributed by atoms with Crippen molar-refractivity contribution < 1.29 is 19.4 Å². The first-order valence-corrected chi connectivity index (χ1v) is 8.18. The average Bonchev–Trinajstić information content (AvgIpc) is 3.24. The molecule has 134 valence electrons. The number of para-hydroxylation sites is 1. The quantitative estimate of drug-likeness (QED) is 0.643. The standard InChI is InChI=1S/C19H16N2O4.ClH/c22-19(23)12-8-20-17(10-5-6-14-15(7-10)25-9-24-14)18-16(12)11-3-1-2-4-13(11)21-18;/h1-7,12,17,20-21H,8-9H2,(H,22,23);1H. The van der Waals surface area contributed by atoms with Gasteiger partial charge in [0, 0.05) is 23.1 Å². The van der Waals surface area contributed by atoms with Gasteiger partial charge in [-0.25, -0.2) is 0 Å². The van der Waals surface area contributed by atoms with Gasteiger partial charge in [-0.15, -0.1) is 12.4 Å². The molecule has 0 saturated carbocycles. The summed E-state index contributed by atoms with van der Waals surface area (Å²) in [4.78, 5) is 15.2. The molecule has 7 heteroatoms. The summed E-state index contributed by atoms with van der Waals surface area (Å²) in [5.41, 5.74) is 3.73. The second-order valence-electron chi connectivity index (χ2n) is 6.34. The fourth-order valence-corrected chi connectivity index (χ4v) is 3.82. The lowest BCUT2D eigenvalue weighted by Crippen LogP contribution is -2.36. The molecule has 0 radical (unpaired) electrons. The summed E-state index contributed by atoms with van der Waals surface area (Å²) in [5, 5.41) is 14.0. The van der Waals surface area contributed by atoms with Crippen LogP contribution in [0.1, 0.15) is 28.8 Å². The summed E-state index contributed by atoms with van der Waals surface area (Å²) in [7, 11) is 0. The zero-order chi connectivity index (χ0) is 17.0. The van der Waals surface area contributed by atoms with E-state index in [1.807, 2.05) is 42.5 Å². The van der Waals surface area contributed by atoms with Crippen molar-refractivity contribution in [2.45, 2.75) is 12.0 Å². The topological polar surface area (TPSA) is 83.6 Å². The van der Waals surface area contributed by atoms with Crippen molar-refractivity contribution in [2.24, 2.45) is 0 Å². The maximum Gasteiger partial charge on any atom is 0.312 e. The molecule has 3 N–H and O–H groups in total. The van der Waals surface area contributed by atoms with Crippen LogP contribution >= 0.6 is 12.4 Å². The monoisotopic (exact) mass is 372 g/mol. The SMILES string of the molecule is Cl.O=C(O)C1CNC(c2ccc3c(c2)OCO3)c2[nH]c3ccccc3c21. The molecule has 0 saturated heterocycles. The van der Waals surface area contributed by atoms with Gasteiger partial charge in [0.2, 0.25) is 6.79 Å². The Morgan fingerprint density at radius 2 is 1.92 bits per heavy atom. The zero-order valence-electron chi connectivity index (χ0n) is 13.7. The van der Waals surface area contributed by atoms with Gasteiger partial charge in [-0.2, -0.15) is 0 Å². The van der Waals surface area contributed by atoms with Crippen LogP contribution in [0.3, 0.4) is 0 Å². The number of carboxylic acids is 1. The number of benzene rings is 2. The second kappa shape index (κ2) is 6.23. The van der Waals surface area contributed by atoms with Crippen LogP contribution in [0, 0.1) is 0 Å². The largest absolute Gasteiger partial charge is 0.481 e. The second-order valence-corrected chi connectivity index (χ2v) is 6.34. The Morgan fingerprint density at radius 3 is 2.77 bits per heavy atom. The lowest BCUT2D eigenvalue weighted by atomic mass is 9.87. The third kappa shape index (κ3) is 2.41. The summed E-state index contributed by atoms with van der Waals surface area (Å²) in [6.07, 6.45) is 0. The third-order valence-electron chi connectivity index (χ3n) is 4.97.